The SMILES string of the molecule is CCCn1nc(-c2ncc[nH]2)c2c1CCN(C(=O)c1ccco1)C2. The van der Waals surface area contributed by atoms with Crippen molar-refractivity contribution in [3.8, 4) is 11.5 Å². The number of hydrogen-bond acceptors (Lipinski definition) is 4. The van der Waals surface area contributed by atoms with Crippen LogP contribution in [-0.2, 0) is 19.5 Å². The number of rotatable bonds is 4. The molecule has 1 aliphatic heterocycles. The van der Waals surface area contributed by atoms with E-state index in [4.69, 9.17) is 9.52 Å². The van der Waals surface area contributed by atoms with Gasteiger partial charge in [-0.3, -0.25) is 9.48 Å². The van der Waals surface area contributed by atoms with E-state index in [9.17, 15) is 4.79 Å². The molecule has 1 N–H and O–H groups in total. The van der Waals surface area contributed by atoms with Crippen molar-refractivity contribution in [3.05, 3.63) is 47.8 Å². The molecule has 0 saturated heterocycles. The van der Waals surface area contributed by atoms with E-state index in [1.54, 1.807) is 24.5 Å². The molecular formula is C17H19N5O2. The largest absolute Gasteiger partial charge is 0.459 e. The first-order valence-electron chi connectivity index (χ1n) is 8.19. The Morgan fingerprint density at radius 3 is 3.08 bits per heavy atom. The van der Waals surface area contributed by atoms with E-state index < -0.39 is 0 Å². The second-order valence-electron chi connectivity index (χ2n) is 5.89. The van der Waals surface area contributed by atoms with Gasteiger partial charge in [0.15, 0.2) is 11.6 Å². The zero-order valence-electron chi connectivity index (χ0n) is 13.5. The number of imidazole rings is 1. The van der Waals surface area contributed by atoms with Gasteiger partial charge in [-0.25, -0.2) is 4.98 Å². The quantitative estimate of drug-likeness (QED) is 0.799. The molecule has 0 aliphatic carbocycles. The molecule has 4 rings (SSSR count). The highest BCUT2D eigenvalue weighted by molar-refractivity contribution is 5.91. The molecule has 3 aromatic rings. The number of nitrogens with one attached hydrogen (secondary N) is 1. The van der Waals surface area contributed by atoms with Gasteiger partial charge in [0.25, 0.3) is 5.91 Å². The minimum absolute atomic E-state index is 0.0840. The van der Waals surface area contributed by atoms with Gasteiger partial charge in [0, 0.05) is 43.2 Å². The lowest BCUT2D eigenvalue weighted by Gasteiger charge is -2.27. The third kappa shape index (κ3) is 2.42. The molecule has 4 heterocycles. The number of amides is 1. The summed E-state index contributed by atoms with van der Waals surface area (Å²) in [5, 5.41) is 4.74. The standard InChI is InChI=1S/C17H19N5O2/c1-2-8-22-13-5-9-21(17(23)14-4-3-10-24-14)11-12(13)15(20-22)16-18-6-7-19-16/h3-4,6-7,10H,2,5,8-9,11H2,1H3,(H,18,19). The van der Waals surface area contributed by atoms with Gasteiger partial charge in [-0.05, 0) is 18.6 Å². The molecule has 24 heavy (non-hydrogen) atoms. The first-order valence-corrected chi connectivity index (χ1v) is 8.19. The van der Waals surface area contributed by atoms with E-state index in [1.807, 2.05) is 4.90 Å². The number of furan rings is 1. The summed E-state index contributed by atoms with van der Waals surface area (Å²) in [5.74, 6) is 1.03. The normalized spacial score (nSPS) is 14.0. The number of hydrogen-bond donors (Lipinski definition) is 1. The number of aromatic nitrogens is 4. The van der Waals surface area contributed by atoms with E-state index >= 15 is 0 Å². The molecule has 0 unspecified atom stereocenters. The van der Waals surface area contributed by atoms with Gasteiger partial charge in [-0.1, -0.05) is 6.92 Å². The van der Waals surface area contributed by atoms with Crippen molar-refractivity contribution in [1.29, 1.82) is 0 Å². The van der Waals surface area contributed by atoms with Crippen LogP contribution in [0.25, 0.3) is 11.5 Å². The van der Waals surface area contributed by atoms with Crippen LogP contribution in [0.4, 0.5) is 0 Å². The van der Waals surface area contributed by atoms with Crippen LogP contribution in [0, 0.1) is 0 Å². The van der Waals surface area contributed by atoms with Crippen molar-refractivity contribution >= 4 is 5.91 Å². The van der Waals surface area contributed by atoms with E-state index in [1.165, 1.54) is 12.0 Å². The molecule has 1 aliphatic rings. The summed E-state index contributed by atoms with van der Waals surface area (Å²) in [6.07, 6.45) is 6.83. The zero-order valence-corrected chi connectivity index (χ0v) is 13.5. The van der Waals surface area contributed by atoms with Crippen molar-refractivity contribution in [3.63, 3.8) is 0 Å². The Morgan fingerprint density at radius 2 is 2.38 bits per heavy atom. The fourth-order valence-corrected chi connectivity index (χ4v) is 3.20. The molecule has 124 valence electrons. The molecule has 7 heteroatoms. The Kier molecular flexibility index (Phi) is 3.68. The summed E-state index contributed by atoms with van der Waals surface area (Å²) in [4.78, 5) is 21.8. The molecule has 3 aromatic heterocycles. The van der Waals surface area contributed by atoms with Crippen LogP contribution in [0.2, 0.25) is 0 Å². The van der Waals surface area contributed by atoms with Crippen molar-refractivity contribution in [2.24, 2.45) is 0 Å². The van der Waals surface area contributed by atoms with Crippen molar-refractivity contribution < 1.29 is 9.21 Å². The summed E-state index contributed by atoms with van der Waals surface area (Å²) >= 11 is 0. The summed E-state index contributed by atoms with van der Waals surface area (Å²) in [6, 6.07) is 3.43. The second-order valence-corrected chi connectivity index (χ2v) is 5.89. The lowest BCUT2D eigenvalue weighted by molar-refractivity contribution is 0.0701. The Bertz CT molecular complexity index is 833. The van der Waals surface area contributed by atoms with E-state index in [0.29, 0.717) is 18.8 Å². The summed E-state index contributed by atoms with van der Waals surface area (Å²) in [5.41, 5.74) is 3.11. The van der Waals surface area contributed by atoms with Crippen LogP contribution in [0.5, 0.6) is 0 Å². The summed E-state index contributed by atoms with van der Waals surface area (Å²) < 4.78 is 7.31. The molecule has 7 nitrogen and oxygen atoms in total. The Balaban J connectivity index is 1.70. The van der Waals surface area contributed by atoms with Crippen LogP contribution in [-0.4, -0.2) is 37.1 Å². The van der Waals surface area contributed by atoms with Gasteiger partial charge >= 0.3 is 0 Å². The fraction of sp³-hybridized carbons (Fsp3) is 0.353. The second kappa shape index (κ2) is 5.99. The highest BCUT2D eigenvalue weighted by Gasteiger charge is 2.29. The molecule has 0 aromatic carbocycles. The van der Waals surface area contributed by atoms with Crippen molar-refractivity contribution in [1.82, 2.24) is 24.6 Å². The Labute approximate surface area is 139 Å². The zero-order chi connectivity index (χ0) is 16.5. The predicted octanol–water partition coefficient (Wildman–Crippen LogP) is 2.47. The predicted molar refractivity (Wildman–Crippen MR) is 87.3 cm³/mol. The van der Waals surface area contributed by atoms with E-state index in [2.05, 4.69) is 21.6 Å². The monoisotopic (exact) mass is 325 g/mol. The summed E-state index contributed by atoms with van der Waals surface area (Å²) in [6.45, 7) is 4.19. The van der Waals surface area contributed by atoms with Crippen molar-refractivity contribution in [2.75, 3.05) is 6.54 Å². The number of H-pyrrole nitrogens is 1. The minimum Gasteiger partial charge on any atom is -0.459 e. The van der Waals surface area contributed by atoms with Crippen LogP contribution in [0.3, 0.4) is 0 Å². The van der Waals surface area contributed by atoms with Gasteiger partial charge in [-0.15, -0.1) is 0 Å². The third-order valence-electron chi connectivity index (χ3n) is 4.31. The smallest absolute Gasteiger partial charge is 0.289 e. The number of carbonyl (C=O) groups is 1. The van der Waals surface area contributed by atoms with Crippen LogP contribution in [0.1, 0.15) is 35.2 Å². The third-order valence-corrected chi connectivity index (χ3v) is 4.31. The highest BCUT2D eigenvalue weighted by Crippen LogP contribution is 2.29. The Morgan fingerprint density at radius 1 is 1.46 bits per heavy atom. The Hall–Kier alpha value is -2.83. The number of aromatic amines is 1. The highest BCUT2D eigenvalue weighted by atomic mass is 16.3. The maximum Gasteiger partial charge on any atom is 0.289 e. The fourth-order valence-electron chi connectivity index (χ4n) is 3.20. The number of fused-ring (bicyclic) bond motifs is 1. The molecule has 0 saturated carbocycles. The van der Waals surface area contributed by atoms with Crippen molar-refractivity contribution in [2.45, 2.75) is 32.9 Å². The lowest BCUT2D eigenvalue weighted by Crippen LogP contribution is -2.36. The van der Waals surface area contributed by atoms with Crippen LogP contribution >= 0.6 is 0 Å². The molecular weight excluding hydrogens is 306 g/mol. The van der Waals surface area contributed by atoms with Crippen LogP contribution in [0.15, 0.2) is 35.2 Å². The molecule has 0 spiro atoms. The van der Waals surface area contributed by atoms with E-state index in [-0.39, 0.29) is 5.91 Å². The first kappa shape index (κ1) is 14.7. The molecule has 0 fully saturated rings. The maximum absolute atomic E-state index is 12.6. The van der Waals surface area contributed by atoms with Gasteiger partial charge in [0.05, 0.1) is 12.8 Å². The first-order chi connectivity index (χ1) is 11.8. The van der Waals surface area contributed by atoms with Crippen LogP contribution < -0.4 is 0 Å². The van der Waals surface area contributed by atoms with Gasteiger partial charge in [0.2, 0.25) is 0 Å². The average molecular weight is 325 g/mol. The van der Waals surface area contributed by atoms with Gasteiger partial charge < -0.3 is 14.3 Å². The maximum atomic E-state index is 12.6. The number of carbonyl (C=O) groups excluding carboxylic acids is 1. The molecule has 0 bridgehead atoms. The van der Waals surface area contributed by atoms with E-state index in [0.717, 1.165) is 36.5 Å². The lowest BCUT2D eigenvalue weighted by atomic mass is 10.0. The number of aryl methyl sites for hydroxylation is 1. The average Bonchev–Trinajstić information content (AvgIpc) is 3.35. The molecule has 0 atom stereocenters. The molecule has 1 amide bonds. The summed E-state index contributed by atoms with van der Waals surface area (Å²) in [7, 11) is 0. The topological polar surface area (TPSA) is 80.0 Å². The molecule has 0 radical (unpaired) electrons. The van der Waals surface area contributed by atoms with Gasteiger partial charge in [-0.2, -0.15) is 5.10 Å². The van der Waals surface area contributed by atoms with Gasteiger partial charge in [0.1, 0.15) is 5.69 Å². The number of nitrogens with zero attached hydrogens (tertiary/aromatic N) is 4. The minimum atomic E-state index is -0.0840.